The van der Waals surface area contributed by atoms with Crippen molar-refractivity contribution in [1.82, 2.24) is 4.98 Å². The Balaban J connectivity index is 2.37. The van der Waals surface area contributed by atoms with E-state index in [-0.39, 0.29) is 5.69 Å². The lowest BCUT2D eigenvalue weighted by molar-refractivity contribution is 0.105. The van der Waals surface area contributed by atoms with Crippen molar-refractivity contribution >= 4 is 17.1 Å². The van der Waals surface area contributed by atoms with Crippen LogP contribution in [0.2, 0.25) is 0 Å². The minimum Gasteiger partial charge on any atom is -0.275 e. The highest BCUT2D eigenvalue weighted by molar-refractivity contribution is 7.13. The molecule has 72 valence electrons. The molecule has 2 rings (SSSR count). The van der Waals surface area contributed by atoms with E-state index in [0.717, 1.165) is 10.6 Å². The van der Waals surface area contributed by atoms with Gasteiger partial charge < -0.3 is 0 Å². The lowest BCUT2D eigenvalue weighted by Crippen LogP contribution is -1.93. The van der Waals surface area contributed by atoms with Crippen LogP contribution < -0.4 is 0 Å². The van der Waals surface area contributed by atoms with Gasteiger partial charge in [0.25, 0.3) is 5.78 Å². The summed E-state index contributed by atoms with van der Waals surface area (Å²) in [6, 6.07) is 11.1. The average Bonchev–Trinajstić information content (AvgIpc) is 2.78. The second kappa shape index (κ2) is 4.03. The van der Waals surface area contributed by atoms with Gasteiger partial charge >= 0.3 is 0 Å². The lowest BCUT2D eigenvalue weighted by Gasteiger charge is -1.92. The molecule has 3 nitrogen and oxygen atoms in total. The van der Waals surface area contributed by atoms with Crippen LogP contribution in [0.1, 0.15) is 10.5 Å². The number of rotatable bonds is 2. The molecule has 0 spiro atoms. The third-order valence-corrected chi connectivity index (χ3v) is 2.75. The Morgan fingerprint density at radius 3 is 2.73 bits per heavy atom. The zero-order valence-electron chi connectivity index (χ0n) is 7.68. The third kappa shape index (κ3) is 1.92. The summed E-state index contributed by atoms with van der Waals surface area (Å²) in [5.41, 5.74) is 1.18. The van der Waals surface area contributed by atoms with Gasteiger partial charge in [-0.15, -0.1) is 11.3 Å². The summed E-state index contributed by atoms with van der Waals surface area (Å²) in [4.78, 5) is 15.1. The van der Waals surface area contributed by atoms with Gasteiger partial charge in [0.1, 0.15) is 16.8 Å². The molecule has 0 saturated heterocycles. The molecule has 15 heavy (non-hydrogen) atoms. The summed E-state index contributed by atoms with van der Waals surface area (Å²) in [5.74, 6) is -0.589. The molecule has 1 heterocycles. The van der Waals surface area contributed by atoms with Gasteiger partial charge in [-0.05, 0) is 0 Å². The zero-order valence-corrected chi connectivity index (χ0v) is 8.49. The SMILES string of the molecule is N#CC(=O)c1csc(-c2ccccc2)n1. The van der Waals surface area contributed by atoms with E-state index in [9.17, 15) is 4.79 Å². The molecule has 4 heteroatoms. The molecule has 0 unspecified atom stereocenters. The molecule has 0 aliphatic carbocycles. The van der Waals surface area contributed by atoms with E-state index < -0.39 is 5.78 Å². The molecule has 0 bridgehead atoms. The number of aromatic nitrogens is 1. The number of thiazole rings is 1. The molecule has 0 atom stereocenters. The second-order valence-corrected chi connectivity index (χ2v) is 3.70. The molecule has 0 saturated carbocycles. The maximum absolute atomic E-state index is 11.0. The lowest BCUT2D eigenvalue weighted by atomic mass is 10.2. The maximum Gasteiger partial charge on any atom is 0.281 e. The molecule has 1 aromatic heterocycles. The van der Waals surface area contributed by atoms with Crippen LogP contribution in [0.25, 0.3) is 10.6 Å². The number of nitrogens with zero attached hydrogens (tertiary/aromatic N) is 2. The topological polar surface area (TPSA) is 53.8 Å². The van der Waals surface area contributed by atoms with Crippen molar-refractivity contribution < 1.29 is 4.79 Å². The number of carbonyl (C=O) groups excluding carboxylic acids is 1. The Kier molecular flexibility index (Phi) is 2.57. The Morgan fingerprint density at radius 2 is 2.07 bits per heavy atom. The Morgan fingerprint density at radius 1 is 1.33 bits per heavy atom. The number of hydrogen-bond acceptors (Lipinski definition) is 4. The largest absolute Gasteiger partial charge is 0.281 e. The van der Waals surface area contributed by atoms with Crippen LogP contribution in [0.5, 0.6) is 0 Å². The monoisotopic (exact) mass is 214 g/mol. The fraction of sp³-hybridized carbons (Fsp3) is 0. The summed E-state index contributed by atoms with van der Waals surface area (Å²) in [6.07, 6.45) is 0. The third-order valence-electron chi connectivity index (χ3n) is 1.86. The van der Waals surface area contributed by atoms with Crippen molar-refractivity contribution in [3.63, 3.8) is 0 Å². The van der Waals surface area contributed by atoms with Gasteiger partial charge in [-0.1, -0.05) is 30.3 Å². The molecule has 0 N–H and O–H groups in total. The number of ketones is 1. The molecular formula is C11H6N2OS. The van der Waals surface area contributed by atoms with E-state index >= 15 is 0 Å². The summed E-state index contributed by atoms with van der Waals surface area (Å²) in [5, 5.41) is 10.8. The fourth-order valence-corrected chi connectivity index (χ4v) is 1.95. The minimum absolute atomic E-state index is 0.223. The van der Waals surface area contributed by atoms with Crippen LogP contribution in [0.4, 0.5) is 0 Å². The van der Waals surface area contributed by atoms with Crippen LogP contribution in [0.15, 0.2) is 35.7 Å². The van der Waals surface area contributed by atoms with E-state index in [1.165, 1.54) is 11.3 Å². The molecule has 0 radical (unpaired) electrons. The van der Waals surface area contributed by atoms with Crippen LogP contribution >= 0.6 is 11.3 Å². The Labute approximate surface area is 90.6 Å². The second-order valence-electron chi connectivity index (χ2n) is 2.84. The standard InChI is InChI=1S/C11H6N2OS/c12-6-10(14)9-7-15-11(13-9)8-4-2-1-3-5-8/h1-5,7H. The Bertz CT molecular complexity index is 525. The van der Waals surface area contributed by atoms with E-state index in [1.807, 2.05) is 30.3 Å². The van der Waals surface area contributed by atoms with Crippen molar-refractivity contribution in [3.8, 4) is 16.6 Å². The van der Waals surface area contributed by atoms with Crippen molar-refractivity contribution in [3.05, 3.63) is 41.4 Å². The van der Waals surface area contributed by atoms with E-state index in [1.54, 1.807) is 11.4 Å². The van der Waals surface area contributed by atoms with Gasteiger partial charge in [0.15, 0.2) is 0 Å². The van der Waals surface area contributed by atoms with Gasteiger partial charge in [0, 0.05) is 10.9 Å². The minimum atomic E-state index is -0.589. The number of Topliss-reactive ketones (excluding diaryl/α,β-unsaturated/α-hetero) is 1. The van der Waals surface area contributed by atoms with Crippen LogP contribution in [-0.4, -0.2) is 10.8 Å². The first-order chi connectivity index (χ1) is 7.31. The quantitative estimate of drug-likeness (QED) is 0.570. The predicted octanol–water partition coefficient (Wildman–Crippen LogP) is 2.52. The number of carbonyl (C=O) groups is 1. The van der Waals surface area contributed by atoms with Crippen molar-refractivity contribution in [2.75, 3.05) is 0 Å². The zero-order chi connectivity index (χ0) is 10.7. The highest BCUT2D eigenvalue weighted by Gasteiger charge is 2.10. The van der Waals surface area contributed by atoms with E-state index in [0.29, 0.717) is 0 Å². The summed E-state index contributed by atoms with van der Waals surface area (Å²) in [7, 11) is 0. The first kappa shape index (κ1) is 9.56. The van der Waals surface area contributed by atoms with Gasteiger partial charge in [-0.3, -0.25) is 4.79 Å². The maximum atomic E-state index is 11.0. The first-order valence-electron chi connectivity index (χ1n) is 4.26. The summed E-state index contributed by atoms with van der Waals surface area (Å²) >= 11 is 1.36. The molecule has 2 aromatic rings. The smallest absolute Gasteiger partial charge is 0.275 e. The molecule has 0 aliphatic heterocycles. The average molecular weight is 214 g/mol. The fourth-order valence-electron chi connectivity index (χ4n) is 1.15. The molecule has 0 aliphatic rings. The predicted molar refractivity (Wildman–Crippen MR) is 57.5 cm³/mol. The molecule has 1 aromatic carbocycles. The molecular weight excluding hydrogens is 208 g/mol. The van der Waals surface area contributed by atoms with Gasteiger partial charge in [0.2, 0.25) is 0 Å². The van der Waals surface area contributed by atoms with E-state index in [4.69, 9.17) is 5.26 Å². The van der Waals surface area contributed by atoms with Gasteiger partial charge in [-0.25, -0.2) is 4.98 Å². The van der Waals surface area contributed by atoms with Gasteiger partial charge in [0.05, 0.1) is 0 Å². The number of nitriles is 1. The summed E-state index contributed by atoms with van der Waals surface area (Å²) < 4.78 is 0. The Hall–Kier alpha value is -1.99. The molecule has 0 amide bonds. The van der Waals surface area contributed by atoms with E-state index in [2.05, 4.69) is 4.98 Å². The first-order valence-corrected chi connectivity index (χ1v) is 5.14. The normalized spacial score (nSPS) is 9.53. The van der Waals surface area contributed by atoms with Crippen molar-refractivity contribution in [1.29, 1.82) is 5.26 Å². The van der Waals surface area contributed by atoms with Crippen LogP contribution in [-0.2, 0) is 0 Å². The molecule has 0 fully saturated rings. The van der Waals surface area contributed by atoms with Crippen molar-refractivity contribution in [2.24, 2.45) is 0 Å². The van der Waals surface area contributed by atoms with Crippen LogP contribution in [0, 0.1) is 11.3 Å². The highest BCUT2D eigenvalue weighted by atomic mass is 32.1. The van der Waals surface area contributed by atoms with Gasteiger partial charge in [-0.2, -0.15) is 5.26 Å². The number of hydrogen-bond donors (Lipinski definition) is 0. The number of benzene rings is 1. The summed E-state index contributed by atoms with van der Waals surface area (Å²) in [6.45, 7) is 0. The van der Waals surface area contributed by atoms with Crippen molar-refractivity contribution in [2.45, 2.75) is 0 Å². The van der Waals surface area contributed by atoms with Crippen LogP contribution in [0.3, 0.4) is 0 Å². The highest BCUT2D eigenvalue weighted by Crippen LogP contribution is 2.23.